The van der Waals surface area contributed by atoms with Gasteiger partial charge in [-0.3, -0.25) is 9.59 Å². The van der Waals surface area contributed by atoms with Crippen molar-refractivity contribution in [1.29, 1.82) is 0 Å². The molecular weight excluding hydrogens is 341 g/mol. The first-order valence-corrected chi connectivity index (χ1v) is 8.26. The first kappa shape index (κ1) is 16.8. The van der Waals surface area contributed by atoms with E-state index in [0.29, 0.717) is 16.3 Å². The van der Waals surface area contributed by atoms with E-state index >= 15 is 0 Å². The van der Waals surface area contributed by atoms with Crippen LogP contribution in [0.2, 0.25) is 0 Å². The number of carbonyl (C=O) groups excluding carboxylic acids is 2. The fourth-order valence-electron chi connectivity index (χ4n) is 2.39. The molecule has 0 radical (unpaired) electrons. The monoisotopic (exact) mass is 355 g/mol. The number of thiazole rings is 1. The molecule has 0 aliphatic heterocycles. The van der Waals surface area contributed by atoms with Crippen LogP contribution in [-0.2, 0) is 0 Å². The van der Waals surface area contributed by atoms with E-state index in [0.717, 1.165) is 5.56 Å². The quantitative estimate of drug-likeness (QED) is 0.750. The van der Waals surface area contributed by atoms with Gasteiger partial charge in [0, 0.05) is 10.9 Å². The maximum absolute atomic E-state index is 13.0. The normalized spacial score (nSPS) is 10.5. The highest BCUT2D eigenvalue weighted by Crippen LogP contribution is 2.25. The molecule has 3 rings (SSSR count). The number of nitrogens with zero attached hydrogens (tertiary/aromatic N) is 1. The molecule has 25 heavy (non-hydrogen) atoms. The molecule has 0 aliphatic rings. The van der Waals surface area contributed by atoms with E-state index in [1.165, 1.54) is 23.5 Å². The average Bonchev–Trinajstić information content (AvgIpc) is 3.05. The molecular formula is C18H14FN3O2S. The van der Waals surface area contributed by atoms with Crippen molar-refractivity contribution < 1.29 is 14.0 Å². The summed E-state index contributed by atoms with van der Waals surface area (Å²) >= 11 is 1.28. The summed E-state index contributed by atoms with van der Waals surface area (Å²) in [6.45, 7) is 1.74. The number of anilines is 1. The van der Waals surface area contributed by atoms with Crippen molar-refractivity contribution in [2.75, 3.05) is 5.32 Å². The molecule has 0 atom stereocenters. The third-order valence-electron chi connectivity index (χ3n) is 3.60. The molecule has 0 saturated heterocycles. The van der Waals surface area contributed by atoms with E-state index in [4.69, 9.17) is 5.73 Å². The average molecular weight is 355 g/mol. The lowest BCUT2D eigenvalue weighted by molar-refractivity contribution is 0.100. The van der Waals surface area contributed by atoms with E-state index < -0.39 is 11.8 Å². The fourth-order valence-corrected chi connectivity index (χ4v) is 3.19. The van der Waals surface area contributed by atoms with Crippen LogP contribution in [0, 0.1) is 12.7 Å². The molecule has 1 aromatic heterocycles. The summed E-state index contributed by atoms with van der Waals surface area (Å²) in [6, 6.07) is 10.9. The minimum atomic E-state index is -0.612. The minimum absolute atomic E-state index is 0.209. The van der Waals surface area contributed by atoms with Crippen LogP contribution in [0.25, 0.3) is 10.6 Å². The number of rotatable bonds is 4. The number of carbonyl (C=O) groups is 2. The zero-order valence-electron chi connectivity index (χ0n) is 13.2. The molecule has 0 fully saturated rings. The van der Waals surface area contributed by atoms with Crippen LogP contribution in [0.4, 0.5) is 10.1 Å². The number of hydrogen-bond donors (Lipinski definition) is 2. The number of amides is 2. The van der Waals surface area contributed by atoms with E-state index in [1.807, 2.05) is 0 Å². The van der Waals surface area contributed by atoms with Crippen molar-refractivity contribution in [2.24, 2.45) is 5.73 Å². The van der Waals surface area contributed by atoms with E-state index in [9.17, 15) is 14.0 Å². The number of benzene rings is 2. The van der Waals surface area contributed by atoms with E-state index in [2.05, 4.69) is 10.3 Å². The summed E-state index contributed by atoms with van der Waals surface area (Å²) in [5, 5.41) is 4.87. The van der Waals surface area contributed by atoms with Crippen LogP contribution < -0.4 is 11.1 Å². The Bertz CT molecular complexity index is 951. The second-order valence-corrected chi connectivity index (χ2v) is 6.22. The topological polar surface area (TPSA) is 85.1 Å². The number of aromatic nitrogens is 1. The maximum Gasteiger partial charge on any atom is 0.275 e. The van der Waals surface area contributed by atoms with Gasteiger partial charge in [0.25, 0.3) is 11.8 Å². The summed E-state index contributed by atoms with van der Waals surface area (Å²) in [5.74, 6) is -1.40. The highest BCUT2D eigenvalue weighted by atomic mass is 32.1. The Balaban J connectivity index is 1.85. The van der Waals surface area contributed by atoms with E-state index in [1.54, 1.807) is 42.6 Å². The smallest absolute Gasteiger partial charge is 0.275 e. The molecule has 0 spiro atoms. The lowest BCUT2D eigenvalue weighted by Crippen LogP contribution is -2.19. The molecule has 0 aliphatic carbocycles. The number of hydrogen-bond acceptors (Lipinski definition) is 4. The van der Waals surface area contributed by atoms with Gasteiger partial charge in [0.05, 0.1) is 11.3 Å². The molecule has 3 N–H and O–H groups in total. The van der Waals surface area contributed by atoms with Crippen LogP contribution in [0.3, 0.4) is 0 Å². The summed E-state index contributed by atoms with van der Waals surface area (Å²) in [5.41, 5.74) is 7.60. The lowest BCUT2D eigenvalue weighted by atomic mass is 10.1. The zero-order chi connectivity index (χ0) is 18.0. The van der Waals surface area contributed by atoms with Crippen LogP contribution in [0.15, 0.2) is 47.8 Å². The first-order valence-electron chi connectivity index (χ1n) is 7.38. The number of halogens is 1. The highest BCUT2D eigenvalue weighted by Gasteiger charge is 2.16. The molecule has 2 amide bonds. The molecule has 126 valence electrons. The Hall–Kier alpha value is -3.06. The fraction of sp³-hybridized carbons (Fsp3) is 0.0556. The Morgan fingerprint density at radius 2 is 1.88 bits per heavy atom. The van der Waals surface area contributed by atoms with Crippen LogP contribution in [-0.4, -0.2) is 16.8 Å². The second-order valence-electron chi connectivity index (χ2n) is 5.36. The van der Waals surface area contributed by atoms with Gasteiger partial charge in [-0.25, -0.2) is 9.37 Å². The molecule has 3 aromatic rings. The molecule has 1 heterocycles. The third-order valence-corrected chi connectivity index (χ3v) is 4.49. The Morgan fingerprint density at radius 1 is 1.16 bits per heavy atom. The van der Waals surface area contributed by atoms with Crippen molar-refractivity contribution >= 4 is 28.8 Å². The Labute approximate surface area is 147 Å². The van der Waals surface area contributed by atoms with Gasteiger partial charge in [-0.15, -0.1) is 11.3 Å². The van der Waals surface area contributed by atoms with Gasteiger partial charge in [-0.2, -0.15) is 0 Å². The minimum Gasteiger partial charge on any atom is -0.366 e. The van der Waals surface area contributed by atoms with Gasteiger partial charge in [0.15, 0.2) is 0 Å². The van der Waals surface area contributed by atoms with Crippen LogP contribution in [0.5, 0.6) is 0 Å². The number of aryl methyl sites for hydroxylation is 1. The summed E-state index contributed by atoms with van der Waals surface area (Å²) in [4.78, 5) is 28.3. The summed E-state index contributed by atoms with van der Waals surface area (Å²) in [7, 11) is 0. The zero-order valence-corrected chi connectivity index (χ0v) is 14.1. The summed E-state index contributed by atoms with van der Waals surface area (Å²) in [6.07, 6.45) is 0. The number of primary amides is 1. The first-order chi connectivity index (χ1) is 12.0. The molecule has 2 aromatic carbocycles. The number of nitrogens with one attached hydrogen (secondary N) is 1. The molecule has 0 bridgehead atoms. The van der Waals surface area contributed by atoms with Crippen LogP contribution >= 0.6 is 11.3 Å². The van der Waals surface area contributed by atoms with Gasteiger partial charge < -0.3 is 11.1 Å². The van der Waals surface area contributed by atoms with E-state index in [-0.39, 0.29) is 17.1 Å². The lowest BCUT2D eigenvalue weighted by Gasteiger charge is -2.10. The van der Waals surface area contributed by atoms with Crippen molar-refractivity contribution in [1.82, 2.24) is 4.98 Å². The summed E-state index contributed by atoms with van der Waals surface area (Å²) < 4.78 is 13.0. The van der Waals surface area contributed by atoms with Gasteiger partial charge in [-0.05, 0) is 42.8 Å². The number of nitrogens with two attached hydrogens (primary N) is 1. The molecule has 0 saturated carbocycles. The van der Waals surface area contributed by atoms with Gasteiger partial charge >= 0.3 is 0 Å². The van der Waals surface area contributed by atoms with Gasteiger partial charge in [0.1, 0.15) is 16.5 Å². The van der Waals surface area contributed by atoms with Gasteiger partial charge in [0.2, 0.25) is 0 Å². The maximum atomic E-state index is 13.0. The predicted octanol–water partition coefficient (Wildman–Crippen LogP) is 3.61. The Morgan fingerprint density at radius 3 is 2.56 bits per heavy atom. The second kappa shape index (κ2) is 6.82. The third kappa shape index (κ3) is 3.56. The standard InChI is InChI=1S/C18H14FN3O2S/c1-10-3-2-4-13(15(10)16(20)23)21-17(24)14-9-25-18(22-14)11-5-7-12(19)8-6-11/h2-9H,1H3,(H2,20,23)(H,21,24). The predicted molar refractivity (Wildman–Crippen MR) is 95.2 cm³/mol. The Kier molecular flexibility index (Phi) is 4.58. The highest BCUT2D eigenvalue weighted by molar-refractivity contribution is 7.13. The molecule has 0 unspecified atom stereocenters. The van der Waals surface area contributed by atoms with Crippen molar-refractivity contribution in [3.05, 3.63) is 70.5 Å². The molecule has 5 nitrogen and oxygen atoms in total. The van der Waals surface area contributed by atoms with Gasteiger partial charge in [-0.1, -0.05) is 12.1 Å². The molecule has 7 heteroatoms. The largest absolute Gasteiger partial charge is 0.366 e. The van der Waals surface area contributed by atoms with Crippen molar-refractivity contribution in [2.45, 2.75) is 6.92 Å². The SMILES string of the molecule is Cc1cccc(NC(=O)c2csc(-c3ccc(F)cc3)n2)c1C(N)=O. The van der Waals surface area contributed by atoms with Crippen molar-refractivity contribution in [3.8, 4) is 10.6 Å². The van der Waals surface area contributed by atoms with Crippen molar-refractivity contribution in [3.63, 3.8) is 0 Å². The van der Waals surface area contributed by atoms with Crippen LogP contribution in [0.1, 0.15) is 26.4 Å².